The minimum absolute atomic E-state index is 0.0299. The Morgan fingerprint density at radius 2 is 2.00 bits per heavy atom. The van der Waals surface area contributed by atoms with Gasteiger partial charge in [0.1, 0.15) is 0 Å². The highest BCUT2D eigenvalue weighted by Crippen LogP contribution is 2.38. The maximum absolute atomic E-state index is 10.5. The second kappa shape index (κ2) is 6.88. The van der Waals surface area contributed by atoms with E-state index in [4.69, 9.17) is 5.11 Å². The lowest BCUT2D eigenvalue weighted by molar-refractivity contribution is 0.204. The lowest BCUT2D eigenvalue weighted by atomic mass is 10.2. The van der Waals surface area contributed by atoms with E-state index in [-0.39, 0.29) is 11.6 Å². The minimum atomic E-state index is -1.38. The molecule has 0 aliphatic carbocycles. The molecule has 6 heteroatoms. The molecule has 6 nitrogen and oxygen atoms in total. The van der Waals surface area contributed by atoms with Gasteiger partial charge >= 0.3 is 6.09 Å². The van der Waals surface area contributed by atoms with Gasteiger partial charge in [0, 0.05) is 11.9 Å². The number of azo groups is 1. The number of hydrogen-bond acceptors (Lipinski definition) is 3. The number of amides is 1. The number of benzene rings is 1. The molecule has 0 unspecified atom stereocenters. The number of para-hydroxylation sites is 1. The first kappa shape index (κ1) is 15.0. The highest BCUT2D eigenvalue weighted by atomic mass is 16.4. The molecule has 112 valence electrons. The Bertz CT molecular complexity index is 661. The zero-order valence-electron chi connectivity index (χ0n) is 12.0. The van der Waals surface area contributed by atoms with E-state index in [1.165, 1.54) is 0 Å². The van der Waals surface area contributed by atoms with Crippen molar-refractivity contribution in [3.8, 4) is 5.88 Å². The Labute approximate surface area is 122 Å². The summed E-state index contributed by atoms with van der Waals surface area (Å²) in [6, 6.07) is 7.38. The molecule has 0 atom stereocenters. The second-order valence-corrected chi connectivity index (χ2v) is 4.88. The number of fused-ring (bicyclic) bond motifs is 1. The Morgan fingerprint density at radius 1 is 1.24 bits per heavy atom. The van der Waals surface area contributed by atoms with Gasteiger partial charge in [0.25, 0.3) is 0 Å². The van der Waals surface area contributed by atoms with E-state index in [0.717, 1.165) is 31.2 Å². The first-order valence-corrected chi connectivity index (χ1v) is 7.10. The van der Waals surface area contributed by atoms with Gasteiger partial charge in [-0.15, -0.1) is 5.11 Å². The predicted molar refractivity (Wildman–Crippen MR) is 80.3 cm³/mol. The van der Waals surface area contributed by atoms with Crippen LogP contribution in [0.1, 0.15) is 32.6 Å². The fourth-order valence-corrected chi connectivity index (χ4v) is 2.39. The fraction of sp³-hybridized carbons (Fsp3) is 0.400. The Balaban J connectivity index is 2.36. The van der Waals surface area contributed by atoms with Gasteiger partial charge in [-0.2, -0.15) is 0 Å². The third-order valence-corrected chi connectivity index (χ3v) is 3.39. The first-order valence-electron chi connectivity index (χ1n) is 7.10. The summed E-state index contributed by atoms with van der Waals surface area (Å²) in [5.41, 5.74) is 1.05. The normalized spacial score (nSPS) is 11.5. The largest absolute Gasteiger partial charge is 0.493 e. The van der Waals surface area contributed by atoms with Gasteiger partial charge in [-0.1, -0.05) is 49.5 Å². The van der Waals surface area contributed by atoms with Gasteiger partial charge in [0.05, 0.1) is 5.52 Å². The molecule has 21 heavy (non-hydrogen) atoms. The lowest BCUT2D eigenvalue weighted by Gasteiger charge is -2.06. The van der Waals surface area contributed by atoms with E-state index in [2.05, 4.69) is 17.2 Å². The van der Waals surface area contributed by atoms with Gasteiger partial charge in [-0.25, -0.2) is 4.79 Å². The standard InChI is InChI=1S/C15H19N3O3/c1-2-3-4-7-10-18-12-9-6-5-8-11(12)13(14(18)19)16-17-15(20)21/h5-6,8-9,19H,2-4,7,10H2,1H3,(H,20,21). The molecule has 1 heterocycles. The smallest absolute Gasteiger partial charge is 0.449 e. The van der Waals surface area contributed by atoms with E-state index in [0.29, 0.717) is 11.9 Å². The molecule has 2 N–H and O–H groups in total. The molecule has 1 aromatic carbocycles. The van der Waals surface area contributed by atoms with Crippen LogP contribution in [0.25, 0.3) is 10.9 Å². The van der Waals surface area contributed by atoms with Crippen molar-refractivity contribution >= 4 is 22.7 Å². The summed E-state index contributed by atoms with van der Waals surface area (Å²) >= 11 is 0. The van der Waals surface area contributed by atoms with Crippen LogP contribution in [0.3, 0.4) is 0 Å². The van der Waals surface area contributed by atoms with Crippen molar-refractivity contribution in [2.24, 2.45) is 10.2 Å². The molecule has 1 amide bonds. The van der Waals surface area contributed by atoms with E-state index < -0.39 is 6.09 Å². The third-order valence-electron chi connectivity index (χ3n) is 3.39. The molecule has 0 spiro atoms. The fourth-order valence-electron chi connectivity index (χ4n) is 2.39. The Kier molecular flexibility index (Phi) is 4.92. The topological polar surface area (TPSA) is 87.2 Å². The SMILES string of the molecule is CCCCCCn1c(O)c(N=NC(=O)O)c2ccccc21. The maximum Gasteiger partial charge on any atom is 0.449 e. The second-order valence-electron chi connectivity index (χ2n) is 4.88. The molecule has 2 rings (SSSR count). The van der Waals surface area contributed by atoms with Crippen molar-refractivity contribution < 1.29 is 15.0 Å². The quantitative estimate of drug-likeness (QED) is 0.597. The molecule has 0 bridgehead atoms. The van der Waals surface area contributed by atoms with Crippen molar-refractivity contribution in [2.45, 2.75) is 39.2 Å². The molecular weight excluding hydrogens is 270 g/mol. The summed E-state index contributed by atoms with van der Waals surface area (Å²) in [7, 11) is 0. The summed E-state index contributed by atoms with van der Waals surface area (Å²) in [5, 5.41) is 26.3. The molecular formula is C15H19N3O3. The number of aryl methyl sites for hydroxylation is 1. The zero-order chi connectivity index (χ0) is 15.2. The monoisotopic (exact) mass is 289 g/mol. The van der Waals surface area contributed by atoms with Crippen molar-refractivity contribution in [3.05, 3.63) is 24.3 Å². The van der Waals surface area contributed by atoms with Gasteiger partial charge < -0.3 is 14.8 Å². The van der Waals surface area contributed by atoms with Crippen LogP contribution in [0, 0.1) is 0 Å². The molecule has 1 aromatic heterocycles. The first-order chi connectivity index (χ1) is 10.1. The summed E-state index contributed by atoms with van der Waals surface area (Å²) < 4.78 is 1.77. The Hall–Kier alpha value is -2.37. The van der Waals surface area contributed by atoms with Crippen molar-refractivity contribution in [2.75, 3.05) is 0 Å². The molecule has 0 saturated heterocycles. The lowest BCUT2D eigenvalue weighted by Crippen LogP contribution is -1.96. The number of hydrogen-bond donors (Lipinski definition) is 2. The van der Waals surface area contributed by atoms with Crippen molar-refractivity contribution in [1.29, 1.82) is 0 Å². The van der Waals surface area contributed by atoms with E-state index in [1.54, 1.807) is 10.6 Å². The number of nitrogens with zero attached hydrogens (tertiary/aromatic N) is 3. The average molecular weight is 289 g/mol. The predicted octanol–water partition coefficient (Wildman–Crippen LogP) is 4.69. The van der Waals surface area contributed by atoms with Crippen LogP contribution in [0.5, 0.6) is 5.88 Å². The van der Waals surface area contributed by atoms with Gasteiger partial charge in [0.2, 0.25) is 5.88 Å². The van der Waals surface area contributed by atoms with Crippen LogP contribution < -0.4 is 0 Å². The highest BCUT2D eigenvalue weighted by Gasteiger charge is 2.16. The number of carboxylic acid groups (broad SMARTS) is 1. The van der Waals surface area contributed by atoms with E-state index >= 15 is 0 Å². The molecule has 0 radical (unpaired) electrons. The molecule has 2 aromatic rings. The zero-order valence-corrected chi connectivity index (χ0v) is 12.0. The molecule has 0 aliphatic heterocycles. The number of aromatic nitrogens is 1. The van der Waals surface area contributed by atoms with Crippen LogP contribution >= 0.6 is 0 Å². The summed E-state index contributed by atoms with van der Waals surface area (Å²) in [4.78, 5) is 10.5. The van der Waals surface area contributed by atoms with Crippen LogP contribution in [0.15, 0.2) is 34.5 Å². The van der Waals surface area contributed by atoms with Crippen LogP contribution in [-0.2, 0) is 6.54 Å². The van der Waals surface area contributed by atoms with Crippen LogP contribution in [0.2, 0.25) is 0 Å². The number of rotatable bonds is 6. The minimum Gasteiger partial charge on any atom is -0.493 e. The summed E-state index contributed by atoms with van der Waals surface area (Å²) in [6.07, 6.45) is 2.97. The van der Waals surface area contributed by atoms with E-state index in [9.17, 15) is 9.90 Å². The number of carbonyl (C=O) groups is 1. The van der Waals surface area contributed by atoms with Gasteiger partial charge in [0.15, 0.2) is 5.69 Å². The van der Waals surface area contributed by atoms with Gasteiger partial charge in [-0.05, 0) is 12.5 Å². The van der Waals surface area contributed by atoms with Crippen molar-refractivity contribution in [3.63, 3.8) is 0 Å². The molecule has 0 aliphatic rings. The Morgan fingerprint density at radius 3 is 2.71 bits per heavy atom. The van der Waals surface area contributed by atoms with Crippen molar-refractivity contribution in [1.82, 2.24) is 4.57 Å². The summed E-state index contributed by atoms with van der Waals surface area (Å²) in [6.45, 7) is 2.82. The third kappa shape index (κ3) is 3.39. The summed E-state index contributed by atoms with van der Waals surface area (Å²) in [5.74, 6) is -0.0299. The maximum atomic E-state index is 10.5. The van der Waals surface area contributed by atoms with Gasteiger partial charge in [-0.3, -0.25) is 0 Å². The van der Waals surface area contributed by atoms with Crippen LogP contribution in [-0.4, -0.2) is 20.9 Å². The number of aromatic hydroxyl groups is 1. The average Bonchev–Trinajstić information content (AvgIpc) is 2.74. The van der Waals surface area contributed by atoms with Crippen LogP contribution in [0.4, 0.5) is 10.5 Å². The highest BCUT2D eigenvalue weighted by molar-refractivity contribution is 5.95. The number of unbranched alkanes of at least 4 members (excludes halogenated alkanes) is 3. The van der Waals surface area contributed by atoms with E-state index in [1.807, 2.05) is 18.2 Å². The molecule has 0 fully saturated rings. The molecule has 0 saturated carbocycles.